The van der Waals surface area contributed by atoms with E-state index in [4.69, 9.17) is 11.6 Å². The molecule has 0 bridgehead atoms. The molecular weight excluding hydrogens is 240 g/mol. The summed E-state index contributed by atoms with van der Waals surface area (Å²) in [6, 6.07) is 3.50. The van der Waals surface area contributed by atoms with Crippen molar-refractivity contribution >= 4 is 28.5 Å². The quantitative estimate of drug-likeness (QED) is 0.771. The molecule has 0 radical (unpaired) electrons. The van der Waals surface area contributed by atoms with E-state index in [1.807, 2.05) is 23.9 Å². The monoisotopic (exact) mass is 250 g/mol. The normalized spacial score (nSPS) is 20.5. The van der Waals surface area contributed by atoms with Crippen LogP contribution in [0.5, 0.6) is 0 Å². The van der Waals surface area contributed by atoms with E-state index < -0.39 is 0 Å². The summed E-state index contributed by atoms with van der Waals surface area (Å²) < 4.78 is 1.88. The third kappa shape index (κ3) is 1.58. The third-order valence-corrected chi connectivity index (χ3v) is 3.35. The number of rotatable bonds is 1. The second-order valence-corrected chi connectivity index (χ2v) is 4.62. The number of hydrogen-bond donors (Lipinski definition) is 0. The van der Waals surface area contributed by atoms with Gasteiger partial charge in [-0.1, -0.05) is 11.6 Å². The van der Waals surface area contributed by atoms with Gasteiger partial charge in [-0.25, -0.2) is 0 Å². The van der Waals surface area contributed by atoms with E-state index in [1.165, 1.54) is 0 Å². The highest BCUT2D eigenvalue weighted by Crippen LogP contribution is 2.26. The second kappa shape index (κ2) is 3.70. The first-order chi connectivity index (χ1) is 8.16. The Bertz CT molecular complexity index is 594. The van der Waals surface area contributed by atoms with Crippen LogP contribution >= 0.6 is 11.6 Å². The molecule has 17 heavy (non-hydrogen) atoms. The smallest absolute Gasteiger partial charge is 0.245 e. The van der Waals surface area contributed by atoms with Gasteiger partial charge < -0.3 is 9.47 Å². The molecule has 2 aromatic heterocycles. The summed E-state index contributed by atoms with van der Waals surface area (Å²) in [6.07, 6.45) is 2.68. The molecule has 88 valence electrons. The number of carbonyl (C=O) groups is 1. The van der Waals surface area contributed by atoms with Crippen molar-refractivity contribution in [2.75, 3.05) is 13.6 Å². The lowest BCUT2D eigenvalue weighted by Gasteiger charge is -2.12. The highest BCUT2D eigenvalue weighted by atomic mass is 35.5. The van der Waals surface area contributed by atoms with Crippen LogP contribution in [0.4, 0.5) is 0 Å². The van der Waals surface area contributed by atoms with E-state index in [-0.39, 0.29) is 11.9 Å². The third-order valence-electron chi connectivity index (χ3n) is 3.17. The molecule has 0 N–H and O–H groups in total. The van der Waals surface area contributed by atoms with Crippen LogP contribution < -0.4 is 0 Å². The van der Waals surface area contributed by atoms with E-state index >= 15 is 0 Å². The van der Waals surface area contributed by atoms with Crippen LogP contribution in [0.1, 0.15) is 12.5 Å². The van der Waals surface area contributed by atoms with Gasteiger partial charge in [-0.05, 0) is 18.6 Å². The fraction of sp³-hybridized carbons (Fsp3) is 0.364. The lowest BCUT2D eigenvalue weighted by Crippen LogP contribution is -2.24. The summed E-state index contributed by atoms with van der Waals surface area (Å²) in [6.45, 7) is 0.782. The zero-order valence-electron chi connectivity index (χ0n) is 9.30. The molecule has 2 aromatic rings. The standard InChI is InChI=1S/C11H11ClN4O/c1-15-4-3-8(11(15)17)16-5-2-7-6-9(12)13-14-10(7)16/h2,5-6,8H,3-4H2,1H3. The number of halogens is 1. The Labute approximate surface area is 103 Å². The van der Waals surface area contributed by atoms with Crippen LogP contribution in [0.15, 0.2) is 18.3 Å². The van der Waals surface area contributed by atoms with E-state index in [0.29, 0.717) is 10.8 Å². The number of likely N-dealkylation sites (N-methyl/N-ethyl adjacent to an activating group) is 1. The van der Waals surface area contributed by atoms with Crippen LogP contribution in [-0.4, -0.2) is 39.2 Å². The lowest BCUT2D eigenvalue weighted by molar-refractivity contribution is -0.129. The molecule has 1 aliphatic rings. The number of fused-ring (bicyclic) bond motifs is 1. The molecule has 0 saturated carbocycles. The summed E-state index contributed by atoms with van der Waals surface area (Å²) >= 11 is 5.78. The first kappa shape index (κ1) is 10.5. The van der Waals surface area contributed by atoms with E-state index in [2.05, 4.69) is 10.2 Å². The van der Waals surface area contributed by atoms with Gasteiger partial charge in [-0.2, -0.15) is 0 Å². The minimum Gasteiger partial charge on any atom is -0.344 e. The summed E-state index contributed by atoms with van der Waals surface area (Å²) in [5.41, 5.74) is 0.711. The van der Waals surface area contributed by atoms with Gasteiger partial charge >= 0.3 is 0 Å². The van der Waals surface area contributed by atoms with Crippen LogP contribution in [0, 0.1) is 0 Å². The van der Waals surface area contributed by atoms with Gasteiger partial charge in [0.1, 0.15) is 6.04 Å². The number of likely N-dealkylation sites (tertiary alicyclic amines) is 1. The number of hydrogen-bond acceptors (Lipinski definition) is 3. The molecule has 0 aliphatic carbocycles. The van der Waals surface area contributed by atoms with Crippen LogP contribution in [-0.2, 0) is 4.79 Å². The zero-order chi connectivity index (χ0) is 12.0. The summed E-state index contributed by atoms with van der Waals surface area (Å²) in [7, 11) is 1.82. The maximum absolute atomic E-state index is 11.9. The topological polar surface area (TPSA) is 51.0 Å². The maximum atomic E-state index is 11.9. The lowest BCUT2D eigenvalue weighted by atomic mass is 10.2. The SMILES string of the molecule is CN1CCC(n2ccc3cc(Cl)nnc32)C1=O. The largest absolute Gasteiger partial charge is 0.344 e. The Balaban J connectivity index is 2.09. The summed E-state index contributed by atoms with van der Waals surface area (Å²) in [5.74, 6) is 0.124. The van der Waals surface area contributed by atoms with Gasteiger partial charge in [-0.15, -0.1) is 10.2 Å². The Morgan fingerprint density at radius 1 is 1.47 bits per heavy atom. The average molecular weight is 251 g/mol. The van der Waals surface area contributed by atoms with Crippen molar-refractivity contribution in [2.45, 2.75) is 12.5 Å². The Hall–Kier alpha value is -1.62. The number of amides is 1. The minimum atomic E-state index is -0.159. The van der Waals surface area contributed by atoms with Gasteiger partial charge in [0.2, 0.25) is 5.91 Å². The minimum absolute atomic E-state index is 0.124. The predicted octanol–water partition coefficient (Wildman–Crippen LogP) is 1.49. The van der Waals surface area contributed by atoms with Gasteiger partial charge in [0.15, 0.2) is 10.8 Å². The number of nitrogens with zero attached hydrogens (tertiary/aromatic N) is 4. The molecule has 1 atom stereocenters. The molecule has 0 aromatic carbocycles. The Kier molecular flexibility index (Phi) is 2.29. The molecule has 1 saturated heterocycles. The van der Waals surface area contributed by atoms with Crippen LogP contribution in [0.2, 0.25) is 5.15 Å². The van der Waals surface area contributed by atoms with Crippen LogP contribution in [0.3, 0.4) is 0 Å². The molecule has 3 heterocycles. The fourth-order valence-corrected chi connectivity index (χ4v) is 2.40. The molecule has 1 aliphatic heterocycles. The molecular formula is C11H11ClN4O. The summed E-state index contributed by atoms with van der Waals surface area (Å²) in [4.78, 5) is 13.7. The fourth-order valence-electron chi connectivity index (χ4n) is 2.24. The van der Waals surface area contributed by atoms with Crippen molar-refractivity contribution in [2.24, 2.45) is 0 Å². The van der Waals surface area contributed by atoms with Crippen molar-refractivity contribution in [3.63, 3.8) is 0 Å². The van der Waals surface area contributed by atoms with Crippen LogP contribution in [0.25, 0.3) is 11.0 Å². The van der Waals surface area contributed by atoms with Crippen molar-refractivity contribution in [1.29, 1.82) is 0 Å². The van der Waals surface area contributed by atoms with E-state index in [9.17, 15) is 4.79 Å². The zero-order valence-corrected chi connectivity index (χ0v) is 10.1. The molecule has 3 rings (SSSR count). The van der Waals surface area contributed by atoms with Crippen molar-refractivity contribution in [1.82, 2.24) is 19.7 Å². The number of carbonyl (C=O) groups excluding carboxylic acids is 1. The molecule has 1 amide bonds. The van der Waals surface area contributed by atoms with E-state index in [0.717, 1.165) is 18.4 Å². The number of aromatic nitrogens is 3. The molecule has 1 fully saturated rings. The van der Waals surface area contributed by atoms with Gasteiger partial charge in [0, 0.05) is 25.2 Å². The summed E-state index contributed by atoms with van der Waals surface area (Å²) in [5, 5.41) is 9.16. The maximum Gasteiger partial charge on any atom is 0.245 e. The predicted molar refractivity (Wildman–Crippen MR) is 63.8 cm³/mol. The van der Waals surface area contributed by atoms with Gasteiger partial charge in [-0.3, -0.25) is 4.79 Å². The first-order valence-electron chi connectivity index (χ1n) is 5.41. The Morgan fingerprint density at radius 3 is 3.00 bits per heavy atom. The first-order valence-corrected chi connectivity index (χ1v) is 5.79. The van der Waals surface area contributed by atoms with Crippen molar-refractivity contribution in [3.8, 4) is 0 Å². The molecule has 1 unspecified atom stereocenters. The van der Waals surface area contributed by atoms with Crippen molar-refractivity contribution in [3.05, 3.63) is 23.5 Å². The molecule has 6 heteroatoms. The average Bonchev–Trinajstić information content (AvgIpc) is 2.84. The second-order valence-electron chi connectivity index (χ2n) is 4.23. The molecule has 0 spiro atoms. The van der Waals surface area contributed by atoms with Gasteiger partial charge in [0.05, 0.1) is 0 Å². The molecule has 5 nitrogen and oxygen atoms in total. The van der Waals surface area contributed by atoms with Gasteiger partial charge in [0.25, 0.3) is 0 Å². The van der Waals surface area contributed by atoms with E-state index in [1.54, 1.807) is 11.0 Å². The highest BCUT2D eigenvalue weighted by Gasteiger charge is 2.31. The highest BCUT2D eigenvalue weighted by molar-refractivity contribution is 6.29. The Morgan fingerprint density at radius 2 is 2.29 bits per heavy atom. The van der Waals surface area contributed by atoms with Crippen molar-refractivity contribution < 1.29 is 4.79 Å².